The monoisotopic (exact) mass is 434 g/mol. The number of carbonyl (C=O) groups excluding carboxylic acids is 1. The third kappa shape index (κ3) is 4.57. The van der Waals surface area contributed by atoms with Gasteiger partial charge in [-0.2, -0.15) is 0 Å². The molecule has 9 heteroatoms. The highest BCUT2D eigenvalue weighted by Crippen LogP contribution is 2.29. The Bertz CT molecular complexity index is 939. The van der Waals surface area contributed by atoms with Crippen LogP contribution in [0.1, 0.15) is 12.8 Å². The molecule has 1 amide bonds. The number of nitrogens with one attached hydrogen (secondary N) is 1. The molecule has 0 aliphatic carbocycles. The van der Waals surface area contributed by atoms with Gasteiger partial charge < -0.3 is 10.1 Å². The van der Waals surface area contributed by atoms with Gasteiger partial charge in [0, 0.05) is 6.61 Å². The van der Waals surface area contributed by atoms with Crippen molar-refractivity contribution < 1.29 is 9.53 Å². The number of para-hydroxylation sites is 1. The van der Waals surface area contributed by atoms with Gasteiger partial charge in [-0.05, 0) is 36.4 Å². The second-order valence-corrected chi connectivity index (χ2v) is 8.64. The van der Waals surface area contributed by atoms with Crippen LogP contribution in [0.15, 0.2) is 46.9 Å². The minimum absolute atomic E-state index is 0.137. The summed E-state index contributed by atoms with van der Waals surface area (Å²) in [5, 5.41) is 14.8. The molecule has 0 saturated carbocycles. The van der Waals surface area contributed by atoms with E-state index in [-0.39, 0.29) is 17.8 Å². The van der Waals surface area contributed by atoms with E-state index in [9.17, 15) is 4.79 Å². The highest BCUT2D eigenvalue weighted by molar-refractivity contribution is 7.99. The van der Waals surface area contributed by atoms with E-state index in [4.69, 9.17) is 16.3 Å². The molecule has 1 unspecified atom stereocenters. The molecular weight excluding hydrogens is 416 g/mol. The number of thiophene rings is 1. The topological polar surface area (TPSA) is 69.0 Å². The van der Waals surface area contributed by atoms with Crippen molar-refractivity contribution in [1.82, 2.24) is 14.8 Å². The molecular formula is C19H19ClN4O2S2. The lowest BCUT2D eigenvalue weighted by molar-refractivity contribution is -0.113. The number of benzene rings is 1. The molecule has 1 saturated heterocycles. The number of carbonyl (C=O) groups is 1. The molecule has 1 aromatic carbocycles. The minimum atomic E-state index is -0.137. The number of hydrogen-bond donors (Lipinski definition) is 1. The van der Waals surface area contributed by atoms with Gasteiger partial charge in [0.05, 0.1) is 34.0 Å². The Morgan fingerprint density at radius 2 is 2.21 bits per heavy atom. The summed E-state index contributed by atoms with van der Waals surface area (Å²) in [6, 6.07) is 11.2. The molecule has 1 aliphatic heterocycles. The summed E-state index contributed by atoms with van der Waals surface area (Å²) in [6.07, 6.45) is 2.26. The Balaban J connectivity index is 1.47. The van der Waals surface area contributed by atoms with Crippen molar-refractivity contribution in [3.8, 4) is 10.7 Å². The third-order valence-corrected chi connectivity index (χ3v) is 6.51. The Hall–Kier alpha value is -1.87. The molecule has 3 heterocycles. The molecule has 1 fully saturated rings. The molecule has 0 bridgehead atoms. The van der Waals surface area contributed by atoms with Crippen LogP contribution in [0.2, 0.25) is 5.02 Å². The fraction of sp³-hybridized carbons (Fsp3) is 0.316. The van der Waals surface area contributed by atoms with E-state index in [0.29, 0.717) is 22.4 Å². The average Bonchev–Trinajstić information content (AvgIpc) is 3.44. The van der Waals surface area contributed by atoms with Crippen molar-refractivity contribution in [2.75, 3.05) is 17.7 Å². The molecule has 1 N–H and O–H groups in total. The van der Waals surface area contributed by atoms with E-state index in [1.54, 1.807) is 23.5 Å². The summed E-state index contributed by atoms with van der Waals surface area (Å²) in [5.41, 5.74) is 0.606. The smallest absolute Gasteiger partial charge is 0.234 e. The Morgan fingerprint density at radius 1 is 1.32 bits per heavy atom. The lowest BCUT2D eigenvalue weighted by Gasteiger charge is -2.14. The maximum Gasteiger partial charge on any atom is 0.234 e. The van der Waals surface area contributed by atoms with Crippen LogP contribution in [0.5, 0.6) is 0 Å². The largest absolute Gasteiger partial charge is 0.376 e. The standard InChI is InChI=1S/C19H19ClN4O2S2/c20-14-6-1-2-7-15(14)21-17(25)12-28-19-23-22-18(16-8-4-10-27-16)24(19)11-13-5-3-9-26-13/h1-2,4,6-8,10,13H,3,5,9,11-12H2,(H,21,25). The summed E-state index contributed by atoms with van der Waals surface area (Å²) in [4.78, 5) is 13.4. The van der Waals surface area contributed by atoms with Gasteiger partial charge in [0.25, 0.3) is 0 Å². The fourth-order valence-corrected chi connectivity index (χ4v) is 4.67. The first-order valence-electron chi connectivity index (χ1n) is 8.96. The average molecular weight is 435 g/mol. The Labute approximate surface area is 176 Å². The fourth-order valence-electron chi connectivity index (χ4n) is 3.02. The van der Waals surface area contributed by atoms with Crippen LogP contribution in [0.25, 0.3) is 10.7 Å². The number of aromatic nitrogens is 3. The lowest BCUT2D eigenvalue weighted by Crippen LogP contribution is -2.18. The molecule has 0 radical (unpaired) electrons. The van der Waals surface area contributed by atoms with E-state index >= 15 is 0 Å². The zero-order valence-electron chi connectivity index (χ0n) is 15.0. The number of anilines is 1. The van der Waals surface area contributed by atoms with Gasteiger partial charge in [-0.25, -0.2) is 0 Å². The van der Waals surface area contributed by atoms with Crippen LogP contribution in [0.3, 0.4) is 0 Å². The second-order valence-electron chi connectivity index (χ2n) is 6.35. The van der Waals surface area contributed by atoms with Gasteiger partial charge in [0.2, 0.25) is 5.91 Å². The zero-order valence-corrected chi connectivity index (χ0v) is 17.4. The van der Waals surface area contributed by atoms with Crippen LogP contribution in [-0.2, 0) is 16.1 Å². The summed E-state index contributed by atoms with van der Waals surface area (Å²) < 4.78 is 7.86. The SMILES string of the molecule is O=C(CSc1nnc(-c2cccs2)n1CC1CCCO1)Nc1ccccc1Cl. The predicted octanol–water partition coefficient (Wildman–Crippen LogP) is 4.57. The molecule has 146 valence electrons. The highest BCUT2D eigenvalue weighted by Gasteiger charge is 2.22. The summed E-state index contributed by atoms with van der Waals surface area (Å²) in [6.45, 7) is 1.48. The predicted molar refractivity (Wildman–Crippen MR) is 113 cm³/mol. The molecule has 6 nitrogen and oxygen atoms in total. The van der Waals surface area contributed by atoms with Gasteiger partial charge in [-0.3, -0.25) is 9.36 Å². The van der Waals surface area contributed by atoms with E-state index in [2.05, 4.69) is 20.1 Å². The van der Waals surface area contributed by atoms with Crippen molar-refractivity contribution in [3.05, 3.63) is 46.8 Å². The summed E-state index contributed by atoms with van der Waals surface area (Å²) >= 11 is 9.09. The lowest BCUT2D eigenvalue weighted by atomic mass is 10.2. The van der Waals surface area contributed by atoms with Crippen molar-refractivity contribution in [1.29, 1.82) is 0 Å². The Kier molecular flexibility index (Phi) is 6.31. The highest BCUT2D eigenvalue weighted by atomic mass is 35.5. The maximum atomic E-state index is 12.4. The first kappa shape index (κ1) is 19.4. The molecule has 4 rings (SSSR count). The van der Waals surface area contributed by atoms with Crippen LogP contribution in [0, 0.1) is 0 Å². The van der Waals surface area contributed by atoms with Crippen LogP contribution >= 0.6 is 34.7 Å². The molecule has 28 heavy (non-hydrogen) atoms. The maximum absolute atomic E-state index is 12.4. The van der Waals surface area contributed by atoms with E-state index < -0.39 is 0 Å². The number of rotatable bonds is 7. The zero-order chi connectivity index (χ0) is 19.3. The van der Waals surface area contributed by atoms with Crippen LogP contribution < -0.4 is 5.32 Å². The number of amides is 1. The minimum Gasteiger partial charge on any atom is -0.376 e. The van der Waals surface area contributed by atoms with Crippen LogP contribution in [-0.4, -0.2) is 39.1 Å². The summed E-state index contributed by atoms with van der Waals surface area (Å²) in [7, 11) is 0. The van der Waals surface area contributed by atoms with Gasteiger partial charge in [0.1, 0.15) is 0 Å². The number of thioether (sulfide) groups is 1. The van der Waals surface area contributed by atoms with Gasteiger partial charge >= 0.3 is 0 Å². The van der Waals surface area contributed by atoms with Gasteiger partial charge in [0.15, 0.2) is 11.0 Å². The van der Waals surface area contributed by atoms with Crippen molar-refractivity contribution in [3.63, 3.8) is 0 Å². The van der Waals surface area contributed by atoms with Gasteiger partial charge in [-0.15, -0.1) is 21.5 Å². The number of ether oxygens (including phenoxy) is 1. The molecule has 1 atom stereocenters. The summed E-state index contributed by atoms with van der Waals surface area (Å²) in [5.74, 6) is 0.904. The van der Waals surface area contributed by atoms with Crippen LogP contribution in [0.4, 0.5) is 5.69 Å². The van der Waals surface area contributed by atoms with Gasteiger partial charge in [-0.1, -0.05) is 41.6 Å². The number of hydrogen-bond acceptors (Lipinski definition) is 6. The first-order valence-corrected chi connectivity index (χ1v) is 11.2. The molecule has 2 aromatic heterocycles. The third-order valence-electron chi connectivity index (χ3n) is 4.35. The number of halogens is 1. The second kappa shape index (κ2) is 9.09. The quantitative estimate of drug-likeness (QED) is 0.551. The van der Waals surface area contributed by atoms with E-state index in [1.165, 1.54) is 11.8 Å². The molecule has 3 aromatic rings. The first-order chi connectivity index (χ1) is 13.7. The number of nitrogens with zero attached hydrogens (tertiary/aromatic N) is 3. The van der Waals surface area contributed by atoms with Crippen molar-refractivity contribution in [2.45, 2.75) is 30.6 Å². The van der Waals surface area contributed by atoms with E-state index in [1.807, 2.05) is 29.6 Å². The Morgan fingerprint density at radius 3 is 2.96 bits per heavy atom. The van der Waals surface area contributed by atoms with Crippen molar-refractivity contribution in [2.24, 2.45) is 0 Å². The molecule has 1 aliphatic rings. The van der Waals surface area contributed by atoms with E-state index in [0.717, 1.165) is 30.2 Å². The normalized spacial score (nSPS) is 16.4. The van der Waals surface area contributed by atoms with Crippen molar-refractivity contribution >= 4 is 46.3 Å². The molecule has 0 spiro atoms.